The summed E-state index contributed by atoms with van der Waals surface area (Å²) in [4.78, 5) is 6.44. The van der Waals surface area contributed by atoms with Crippen molar-refractivity contribution in [2.75, 3.05) is 29.9 Å². The number of nitrogens with zero attached hydrogens (tertiary/aromatic N) is 5. The predicted octanol–water partition coefficient (Wildman–Crippen LogP) is 2.30. The third-order valence-corrected chi connectivity index (χ3v) is 4.37. The molecule has 0 amide bonds. The SMILES string of the molecule is Cc1nnc(N2CCC(CNc3ccccn3)C2)c(C#N)c1C. The van der Waals surface area contributed by atoms with E-state index in [-0.39, 0.29) is 0 Å². The molecule has 6 heteroatoms. The van der Waals surface area contributed by atoms with Crippen molar-refractivity contribution in [3.8, 4) is 6.07 Å². The van der Waals surface area contributed by atoms with Gasteiger partial charge in [-0.15, -0.1) is 5.10 Å². The summed E-state index contributed by atoms with van der Waals surface area (Å²) in [6.45, 7) is 6.47. The van der Waals surface area contributed by atoms with E-state index in [0.29, 0.717) is 11.5 Å². The summed E-state index contributed by atoms with van der Waals surface area (Å²) in [5.41, 5.74) is 2.39. The standard InChI is InChI=1S/C17H20N6/c1-12-13(2)21-22-17(15(12)9-18)23-8-6-14(11-23)10-20-16-5-3-4-7-19-16/h3-5,7,14H,6,8,10-11H2,1-2H3,(H,19,20). The quantitative estimate of drug-likeness (QED) is 0.934. The molecule has 1 unspecified atom stereocenters. The number of nitrogens with one attached hydrogen (secondary N) is 1. The molecule has 0 spiro atoms. The van der Waals surface area contributed by atoms with E-state index in [1.165, 1.54) is 0 Å². The average Bonchev–Trinajstić information content (AvgIpc) is 3.05. The fraction of sp³-hybridized carbons (Fsp3) is 0.412. The maximum Gasteiger partial charge on any atom is 0.169 e. The lowest BCUT2D eigenvalue weighted by Crippen LogP contribution is -2.25. The van der Waals surface area contributed by atoms with Gasteiger partial charge in [0.2, 0.25) is 0 Å². The Balaban J connectivity index is 1.66. The molecule has 2 aromatic heterocycles. The van der Waals surface area contributed by atoms with Crippen LogP contribution in [0.2, 0.25) is 0 Å². The van der Waals surface area contributed by atoms with Gasteiger partial charge in [0.25, 0.3) is 0 Å². The van der Waals surface area contributed by atoms with Crippen LogP contribution in [0.25, 0.3) is 0 Å². The molecule has 0 radical (unpaired) electrons. The highest BCUT2D eigenvalue weighted by Gasteiger charge is 2.26. The van der Waals surface area contributed by atoms with Crippen LogP contribution in [0.15, 0.2) is 24.4 Å². The second-order valence-electron chi connectivity index (χ2n) is 5.92. The van der Waals surface area contributed by atoms with Crippen LogP contribution < -0.4 is 10.2 Å². The molecular formula is C17H20N6. The van der Waals surface area contributed by atoms with Gasteiger partial charge in [-0.3, -0.25) is 0 Å². The highest BCUT2D eigenvalue weighted by Crippen LogP contribution is 2.27. The molecule has 0 aliphatic carbocycles. The number of nitriles is 1. The second-order valence-corrected chi connectivity index (χ2v) is 5.92. The molecular weight excluding hydrogens is 288 g/mol. The molecule has 0 bridgehead atoms. The van der Waals surface area contributed by atoms with Gasteiger partial charge in [0, 0.05) is 25.8 Å². The van der Waals surface area contributed by atoms with Gasteiger partial charge in [0.05, 0.1) is 5.69 Å². The summed E-state index contributed by atoms with van der Waals surface area (Å²) in [7, 11) is 0. The van der Waals surface area contributed by atoms with Gasteiger partial charge in [0.1, 0.15) is 17.5 Å². The van der Waals surface area contributed by atoms with Crippen molar-refractivity contribution in [1.29, 1.82) is 5.26 Å². The molecule has 3 rings (SSSR count). The van der Waals surface area contributed by atoms with Crippen LogP contribution >= 0.6 is 0 Å². The number of rotatable bonds is 4. The van der Waals surface area contributed by atoms with Gasteiger partial charge in [-0.25, -0.2) is 4.98 Å². The Morgan fingerprint density at radius 1 is 1.35 bits per heavy atom. The zero-order valence-corrected chi connectivity index (χ0v) is 13.5. The zero-order chi connectivity index (χ0) is 16.2. The molecule has 3 heterocycles. The Morgan fingerprint density at radius 2 is 2.22 bits per heavy atom. The maximum atomic E-state index is 9.44. The molecule has 1 N–H and O–H groups in total. The highest BCUT2D eigenvalue weighted by molar-refractivity contribution is 5.58. The summed E-state index contributed by atoms with van der Waals surface area (Å²) in [6, 6.07) is 8.13. The summed E-state index contributed by atoms with van der Waals surface area (Å²) in [6.07, 6.45) is 2.85. The van der Waals surface area contributed by atoms with Crippen LogP contribution in [0.1, 0.15) is 23.2 Å². The van der Waals surface area contributed by atoms with Crippen LogP contribution in [0.4, 0.5) is 11.6 Å². The van der Waals surface area contributed by atoms with Crippen molar-refractivity contribution < 1.29 is 0 Å². The summed E-state index contributed by atoms with van der Waals surface area (Å²) < 4.78 is 0. The van der Waals surface area contributed by atoms with Crippen molar-refractivity contribution in [1.82, 2.24) is 15.2 Å². The number of hydrogen-bond donors (Lipinski definition) is 1. The number of aromatic nitrogens is 3. The molecule has 1 aliphatic rings. The van der Waals surface area contributed by atoms with Gasteiger partial charge in [-0.1, -0.05) is 6.07 Å². The van der Waals surface area contributed by atoms with Crippen LogP contribution in [0.5, 0.6) is 0 Å². The van der Waals surface area contributed by atoms with Crippen LogP contribution in [0.3, 0.4) is 0 Å². The van der Waals surface area contributed by atoms with Gasteiger partial charge in [-0.2, -0.15) is 10.4 Å². The minimum atomic E-state index is 0.506. The van der Waals surface area contributed by atoms with Crippen molar-refractivity contribution in [2.45, 2.75) is 20.3 Å². The Bertz CT molecular complexity index is 722. The molecule has 1 saturated heterocycles. The predicted molar refractivity (Wildman–Crippen MR) is 89.3 cm³/mol. The number of anilines is 2. The lowest BCUT2D eigenvalue weighted by atomic mass is 10.1. The van der Waals surface area contributed by atoms with Crippen molar-refractivity contribution in [2.24, 2.45) is 5.92 Å². The largest absolute Gasteiger partial charge is 0.370 e. The van der Waals surface area contributed by atoms with E-state index < -0.39 is 0 Å². The van der Waals surface area contributed by atoms with Gasteiger partial charge >= 0.3 is 0 Å². The third-order valence-electron chi connectivity index (χ3n) is 4.37. The first-order valence-electron chi connectivity index (χ1n) is 7.83. The molecule has 2 aromatic rings. The fourth-order valence-electron chi connectivity index (χ4n) is 2.86. The van der Waals surface area contributed by atoms with E-state index in [0.717, 1.165) is 48.9 Å². The van der Waals surface area contributed by atoms with E-state index in [1.54, 1.807) is 6.20 Å². The fourth-order valence-corrected chi connectivity index (χ4v) is 2.86. The lowest BCUT2D eigenvalue weighted by Gasteiger charge is -2.19. The second kappa shape index (κ2) is 6.61. The van der Waals surface area contributed by atoms with Gasteiger partial charge in [-0.05, 0) is 43.9 Å². The van der Waals surface area contributed by atoms with E-state index in [2.05, 4.69) is 31.5 Å². The van der Waals surface area contributed by atoms with E-state index in [1.807, 2.05) is 32.0 Å². The number of pyridine rings is 1. The molecule has 23 heavy (non-hydrogen) atoms. The Labute approximate surface area is 136 Å². The molecule has 1 atom stereocenters. The van der Waals surface area contributed by atoms with Crippen molar-refractivity contribution in [3.05, 3.63) is 41.2 Å². The zero-order valence-electron chi connectivity index (χ0n) is 13.5. The normalized spacial score (nSPS) is 17.1. The maximum absolute atomic E-state index is 9.44. The lowest BCUT2D eigenvalue weighted by molar-refractivity contribution is 0.620. The van der Waals surface area contributed by atoms with E-state index in [9.17, 15) is 5.26 Å². The smallest absolute Gasteiger partial charge is 0.169 e. The summed E-state index contributed by atoms with van der Waals surface area (Å²) in [5.74, 6) is 2.12. The Morgan fingerprint density at radius 3 is 2.96 bits per heavy atom. The minimum absolute atomic E-state index is 0.506. The molecule has 118 valence electrons. The summed E-state index contributed by atoms with van der Waals surface area (Å²) >= 11 is 0. The van der Waals surface area contributed by atoms with Crippen molar-refractivity contribution in [3.63, 3.8) is 0 Å². The van der Waals surface area contributed by atoms with Crippen LogP contribution in [-0.2, 0) is 0 Å². The molecule has 0 aromatic carbocycles. The highest BCUT2D eigenvalue weighted by atomic mass is 15.3. The molecule has 0 saturated carbocycles. The van der Waals surface area contributed by atoms with Crippen LogP contribution in [-0.4, -0.2) is 34.8 Å². The van der Waals surface area contributed by atoms with Crippen molar-refractivity contribution >= 4 is 11.6 Å². The third kappa shape index (κ3) is 3.24. The minimum Gasteiger partial charge on any atom is -0.370 e. The summed E-state index contributed by atoms with van der Waals surface area (Å²) in [5, 5.41) is 21.3. The van der Waals surface area contributed by atoms with Gasteiger partial charge < -0.3 is 10.2 Å². The molecule has 1 fully saturated rings. The Kier molecular flexibility index (Phi) is 4.38. The monoisotopic (exact) mass is 308 g/mol. The number of aryl methyl sites for hydroxylation is 1. The van der Waals surface area contributed by atoms with E-state index >= 15 is 0 Å². The topological polar surface area (TPSA) is 77.7 Å². The van der Waals surface area contributed by atoms with Crippen LogP contribution in [0, 0.1) is 31.1 Å². The number of hydrogen-bond acceptors (Lipinski definition) is 6. The first-order chi connectivity index (χ1) is 11.2. The van der Waals surface area contributed by atoms with E-state index in [4.69, 9.17) is 0 Å². The first kappa shape index (κ1) is 15.2. The Hall–Kier alpha value is -2.68. The first-order valence-corrected chi connectivity index (χ1v) is 7.83. The molecule has 6 nitrogen and oxygen atoms in total. The molecule has 1 aliphatic heterocycles. The van der Waals surface area contributed by atoms with Gasteiger partial charge in [0.15, 0.2) is 5.82 Å². The average molecular weight is 308 g/mol.